The lowest BCUT2D eigenvalue weighted by atomic mass is 10.0. The summed E-state index contributed by atoms with van der Waals surface area (Å²) in [7, 11) is 3.21. The molecule has 3 nitrogen and oxygen atoms in total. The topological polar surface area (TPSA) is 38.7 Å². The Kier molecular flexibility index (Phi) is 5.25. The monoisotopic (exact) mass is 384 g/mol. The third-order valence-corrected chi connectivity index (χ3v) is 3.86. The molecule has 20 heavy (non-hydrogen) atoms. The van der Waals surface area contributed by atoms with Crippen molar-refractivity contribution in [3.8, 4) is 11.5 Å². The van der Waals surface area contributed by atoms with E-state index in [1.165, 1.54) is 3.57 Å². The summed E-state index contributed by atoms with van der Waals surface area (Å²) in [5.41, 5.74) is 1.83. The SMILES string of the molecule is COc1ccc(OC)c(C(O)Cc2ccc(I)cc2)c1. The minimum absolute atomic E-state index is 0.542. The maximum atomic E-state index is 10.4. The van der Waals surface area contributed by atoms with E-state index in [0.717, 1.165) is 11.1 Å². The minimum atomic E-state index is -0.625. The van der Waals surface area contributed by atoms with Gasteiger partial charge < -0.3 is 14.6 Å². The first-order chi connectivity index (χ1) is 9.63. The molecular weight excluding hydrogens is 367 g/mol. The molecule has 0 fully saturated rings. The molecule has 2 aromatic rings. The van der Waals surface area contributed by atoms with Crippen LogP contribution in [0.15, 0.2) is 42.5 Å². The molecule has 0 aliphatic carbocycles. The van der Waals surface area contributed by atoms with Gasteiger partial charge in [-0.15, -0.1) is 0 Å². The van der Waals surface area contributed by atoms with Crippen LogP contribution in [0.25, 0.3) is 0 Å². The van der Waals surface area contributed by atoms with Crippen LogP contribution >= 0.6 is 22.6 Å². The van der Waals surface area contributed by atoms with E-state index in [1.807, 2.05) is 42.5 Å². The number of aliphatic hydroxyl groups is 1. The summed E-state index contributed by atoms with van der Waals surface area (Å²) in [6, 6.07) is 13.6. The molecular formula is C16H17IO3. The second-order valence-corrected chi connectivity index (χ2v) is 5.70. The third-order valence-electron chi connectivity index (χ3n) is 3.14. The van der Waals surface area contributed by atoms with E-state index < -0.39 is 6.10 Å². The molecule has 0 aliphatic rings. The van der Waals surface area contributed by atoms with Crippen LogP contribution in [0.3, 0.4) is 0 Å². The maximum absolute atomic E-state index is 10.4. The Morgan fingerprint density at radius 1 is 1.05 bits per heavy atom. The van der Waals surface area contributed by atoms with Crippen LogP contribution in [0.1, 0.15) is 17.2 Å². The van der Waals surface area contributed by atoms with Gasteiger partial charge in [0.15, 0.2) is 0 Å². The van der Waals surface area contributed by atoms with Crippen molar-refractivity contribution in [2.75, 3.05) is 14.2 Å². The van der Waals surface area contributed by atoms with Gasteiger partial charge in [-0.05, 0) is 58.5 Å². The lowest BCUT2D eigenvalue weighted by molar-refractivity contribution is 0.173. The summed E-state index contributed by atoms with van der Waals surface area (Å²) in [5.74, 6) is 1.38. The second-order valence-electron chi connectivity index (χ2n) is 4.45. The van der Waals surface area contributed by atoms with Crippen molar-refractivity contribution in [1.82, 2.24) is 0 Å². The molecule has 4 heteroatoms. The highest BCUT2D eigenvalue weighted by Gasteiger charge is 2.15. The van der Waals surface area contributed by atoms with Gasteiger partial charge in [-0.25, -0.2) is 0 Å². The molecule has 0 saturated carbocycles. The summed E-state index contributed by atoms with van der Waals surface area (Å²) < 4.78 is 11.7. The minimum Gasteiger partial charge on any atom is -0.497 e. The number of ether oxygens (including phenoxy) is 2. The number of aliphatic hydroxyl groups excluding tert-OH is 1. The summed E-state index contributed by atoms with van der Waals surface area (Å²) in [6.45, 7) is 0. The highest BCUT2D eigenvalue weighted by molar-refractivity contribution is 14.1. The van der Waals surface area contributed by atoms with Crippen LogP contribution in [-0.2, 0) is 6.42 Å². The summed E-state index contributed by atoms with van der Waals surface area (Å²) in [4.78, 5) is 0. The first kappa shape index (κ1) is 15.1. The van der Waals surface area contributed by atoms with Crippen molar-refractivity contribution in [2.45, 2.75) is 12.5 Å². The van der Waals surface area contributed by atoms with Crippen molar-refractivity contribution >= 4 is 22.6 Å². The largest absolute Gasteiger partial charge is 0.497 e. The lowest BCUT2D eigenvalue weighted by Gasteiger charge is -2.16. The van der Waals surface area contributed by atoms with Gasteiger partial charge in [-0.1, -0.05) is 12.1 Å². The smallest absolute Gasteiger partial charge is 0.124 e. The molecule has 2 rings (SSSR count). The predicted octanol–water partition coefficient (Wildman–Crippen LogP) is 3.58. The van der Waals surface area contributed by atoms with Crippen molar-refractivity contribution in [1.29, 1.82) is 0 Å². The zero-order chi connectivity index (χ0) is 14.5. The van der Waals surface area contributed by atoms with Gasteiger partial charge >= 0.3 is 0 Å². The van der Waals surface area contributed by atoms with Crippen LogP contribution in [0, 0.1) is 3.57 Å². The van der Waals surface area contributed by atoms with E-state index >= 15 is 0 Å². The fraction of sp³-hybridized carbons (Fsp3) is 0.250. The average molecular weight is 384 g/mol. The van der Waals surface area contributed by atoms with Gasteiger partial charge in [0, 0.05) is 15.6 Å². The zero-order valence-corrected chi connectivity index (χ0v) is 13.6. The number of methoxy groups -OCH3 is 2. The van der Waals surface area contributed by atoms with Gasteiger partial charge in [-0.2, -0.15) is 0 Å². The average Bonchev–Trinajstić information content (AvgIpc) is 2.48. The molecule has 0 aliphatic heterocycles. The molecule has 0 heterocycles. The standard InChI is InChI=1S/C16H17IO3/c1-19-13-7-8-16(20-2)14(10-13)15(18)9-11-3-5-12(17)6-4-11/h3-8,10,15,18H,9H2,1-2H3. The van der Waals surface area contributed by atoms with Crippen LogP contribution in [0.4, 0.5) is 0 Å². The third kappa shape index (κ3) is 3.64. The normalized spacial score (nSPS) is 12.0. The molecule has 0 radical (unpaired) electrons. The van der Waals surface area contributed by atoms with Crippen LogP contribution in [-0.4, -0.2) is 19.3 Å². The van der Waals surface area contributed by atoms with E-state index in [-0.39, 0.29) is 0 Å². The second kappa shape index (κ2) is 6.95. The number of halogens is 1. The van der Waals surface area contributed by atoms with E-state index in [0.29, 0.717) is 17.9 Å². The predicted molar refractivity (Wildman–Crippen MR) is 87.4 cm³/mol. The first-order valence-corrected chi connectivity index (χ1v) is 7.36. The lowest BCUT2D eigenvalue weighted by Crippen LogP contribution is -2.04. The van der Waals surface area contributed by atoms with E-state index in [2.05, 4.69) is 22.6 Å². The van der Waals surface area contributed by atoms with Gasteiger partial charge in [0.2, 0.25) is 0 Å². The molecule has 106 valence electrons. The Morgan fingerprint density at radius 3 is 2.35 bits per heavy atom. The van der Waals surface area contributed by atoms with E-state index in [1.54, 1.807) is 14.2 Å². The van der Waals surface area contributed by atoms with Gasteiger partial charge in [0.1, 0.15) is 11.5 Å². The fourth-order valence-corrected chi connectivity index (χ4v) is 2.41. The Balaban J connectivity index is 2.23. The highest BCUT2D eigenvalue weighted by atomic mass is 127. The quantitative estimate of drug-likeness (QED) is 0.801. The number of hydrogen-bond donors (Lipinski definition) is 1. The summed E-state index contributed by atoms with van der Waals surface area (Å²) in [5, 5.41) is 10.4. The van der Waals surface area contributed by atoms with Crippen molar-refractivity contribution in [3.63, 3.8) is 0 Å². The Labute approximate surface area is 132 Å². The maximum Gasteiger partial charge on any atom is 0.124 e. The summed E-state index contributed by atoms with van der Waals surface area (Å²) >= 11 is 2.26. The molecule has 1 atom stereocenters. The van der Waals surface area contributed by atoms with Crippen LogP contribution in [0.2, 0.25) is 0 Å². The van der Waals surface area contributed by atoms with E-state index in [9.17, 15) is 5.11 Å². The molecule has 0 bridgehead atoms. The number of rotatable bonds is 5. The van der Waals surface area contributed by atoms with Gasteiger partial charge in [0.05, 0.1) is 20.3 Å². The molecule has 1 unspecified atom stereocenters. The van der Waals surface area contributed by atoms with Crippen molar-refractivity contribution in [3.05, 3.63) is 57.2 Å². The first-order valence-electron chi connectivity index (χ1n) is 6.28. The number of benzene rings is 2. The fourth-order valence-electron chi connectivity index (χ4n) is 2.05. The van der Waals surface area contributed by atoms with Crippen molar-refractivity contribution in [2.24, 2.45) is 0 Å². The number of hydrogen-bond acceptors (Lipinski definition) is 3. The zero-order valence-electron chi connectivity index (χ0n) is 11.5. The molecule has 1 N–H and O–H groups in total. The summed E-state index contributed by atoms with van der Waals surface area (Å²) in [6.07, 6.45) is -0.0828. The molecule has 0 aromatic heterocycles. The van der Waals surface area contributed by atoms with Gasteiger partial charge in [-0.3, -0.25) is 0 Å². The molecule has 0 spiro atoms. The molecule has 0 saturated heterocycles. The van der Waals surface area contributed by atoms with Gasteiger partial charge in [0.25, 0.3) is 0 Å². The van der Waals surface area contributed by atoms with Crippen LogP contribution < -0.4 is 9.47 Å². The Morgan fingerprint density at radius 2 is 1.75 bits per heavy atom. The molecule has 0 amide bonds. The highest BCUT2D eigenvalue weighted by Crippen LogP contribution is 2.31. The Hall–Kier alpha value is -1.27. The van der Waals surface area contributed by atoms with E-state index in [4.69, 9.17) is 9.47 Å². The van der Waals surface area contributed by atoms with Crippen LogP contribution in [0.5, 0.6) is 11.5 Å². The molecule has 2 aromatic carbocycles. The van der Waals surface area contributed by atoms with Crippen molar-refractivity contribution < 1.29 is 14.6 Å². The Bertz CT molecular complexity index is 566.